The maximum Gasteiger partial charge on any atom is 0.266 e. The van der Waals surface area contributed by atoms with Crippen LogP contribution in [0, 0.1) is 5.82 Å². The van der Waals surface area contributed by atoms with Crippen LogP contribution in [0.15, 0.2) is 47.3 Å². The molecular weight excluding hydrogens is 379 g/mol. The SMILES string of the molecule is CC[C@@H]([NH2+]CC[NH+](C)C)c1nc2ccccc2c(=O)n1-c1ccc(F)c(Cl)c1. The molecule has 0 spiro atoms. The van der Waals surface area contributed by atoms with Gasteiger partial charge in [0, 0.05) is 6.42 Å². The van der Waals surface area contributed by atoms with Crippen LogP contribution in [0.25, 0.3) is 16.6 Å². The van der Waals surface area contributed by atoms with E-state index in [1.807, 2.05) is 18.2 Å². The summed E-state index contributed by atoms with van der Waals surface area (Å²) in [5.74, 6) is 0.143. The number of fused-ring (bicyclic) bond motifs is 1. The zero-order valence-corrected chi connectivity index (χ0v) is 17.1. The van der Waals surface area contributed by atoms with Crippen LogP contribution >= 0.6 is 11.6 Å². The lowest BCUT2D eigenvalue weighted by Gasteiger charge is -2.20. The first-order chi connectivity index (χ1) is 13.4. The fourth-order valence-electron chi connectivity index (χ4n) is 3.30. The fourth-order valence-corrected chi connectivity index (χ4v) is 3.47. The lowest BCUT2D eigenvalue weighted by Crippen LogP contribution is -3.09. The van der Waals surface area contributed by atoms with Gasteiger partial charge in [-0.15, -0.1) is 0 Å². The van der Waals surface area contributed by atoms with E-state index < -0.39 is 5.82 Å². The Morgan fingerprint density at radius 3 is 2.68 bits per heavy atom. The Labute approximate surface area is 168 Å². The summed E-state index contributed by atoms with van der Waals surface area (Å²) < 4.78 is 15.3. The molecular formula is C21H26ClFN4O+2. The first-order valence-corrected chi connectivity index (χ1v) is 9.89. The fraction of sp³-hybridized carbons (Fsp3) is 0.333. The number of rotatable bonds is 7. The van der Waals surface area contributed by atoms with Gasteiger partial charge in [-0.1, -0.05) is 30.7 Å². The highest BCUT2D eigenvalue weighted by Crippen LogP contribution is 2.22. The highest BCUT2D eigenvalue weighted by Gasteiger charge is 2.23. The molecule has 5 nitrogen and oxygen atoms in total. The first-order valence-electron chi connectivity index (χ1n) is 9.51. The van der Waals surface area contributed by atoms with Gasteiger partial charge in [0.1, 0.15) is 24.9 Å². The first kappa shape index (κ1) is 20.5. The van der Waals surface area contributed by atoms with Crippen LogP contribution < -0.4 is 15.8 Å². The molecule has 0 aliphatic heterocycles. The van der Waals surface area contributed by atoms with E-state index in [-0.39, 0.29) is 16.6 Å². The second-order valence-corrected chi connectivity index (χ2v) is 7.63. The Bertz CT molecular complexity index is 1030. The van der Waals surface area contributed by atoms with Crippen molar-refractivity contribution >= 4 is 22.5 Å². The normalized spacial score (nSPS) is 12.6. The van der Waals surface area contributed by atoms with Crippen molar-refractivity contribution in [3.63, 3.8) is 0 Å². The molecule has 1 heterocycles. The maximum atomic E-state index is 13.7. The van der Waals surface area contributed by atoms with Crippen LogP contribution in [0.2, 0.25) is 5.02 Å². The zero-order valence-electron chi connectivity index (χ0n) is 16.4. The van der Waals surface area contributed by atoms with Gasteiger partial charge in [0.15, 0.2) is 5.82 Å². The van der Waals surface area contributed by atoms with E-state index in [4.69, 9.17) is 16.6 Å². The van der Waals surface area contributed by atoms with Crippen molar-refractivity contribution in [3.8, 4) is 5.69 Å². The number of quaternary nitrogens is 2. The van der Waals surface area contributed by atoms with Gasteiger partial charge in [-0.2, -0.15) is 0 Å². The van der Waals surface area contributed by atoms with Crippen LogP contribution in [0.4, 0.5) is 4.39 Å². The van der Waals surface area contributed by atoms with E-state index in [9.17, 15) is 9.18 Å². The number of nitrogens with zero attached hydrogens (tertiary/aromatic N) is 2. The monoisotopic (exact) mass is 404 g/mol. The number of para-hydroxylation sites is 1. The van der Waals surface area contributed by atoms with Gasteiger partial charge in [0.25, 0.3) is 5.56 Å². The summed E-state index contributed by atoms with van der Waals surface area (Å²) in [7, 11) is 4.22. The van der Waals surface area contributed by atoms with Crippen molar-refractivity contribution in [2.24, 2.45) is 0 Å². The Hall–Kier alpha value is -2.28. The molecule has 28 heavy (non-hydrogen) atoms. The molecule has 0 radical (unpaired) electrons. The molecule has 0 aliphatic carbocycles. The third kappa shape index (κ3) is 4.24. The predicted molar refractivity (Wildman–Crippen MR) is 110 cm³/mol. The number of likely N-dealkylation sites (N-methyl/N-ethyl adjacent to an activating group) is 1. The Morgan fingerprint density at radius 2 is 2.00 bits per heavy atom. The number of nitrogens with two attached hydrogens (primary N) is 1. The van der Waals surface area contributed by atoms with E-state index in [1.54, 1.807) is 16.7 Å². The quantitative estimate of drug-likeness (QED) is 0.624. The minimum absolute atomic E-state index is 0.000449. The lowest BCUT2D eigenvalue weighted by molar-refractivity contribution is -0.877. The molecule has 1 aromatic heterocycles. The average Bonchev–Trinajstić information content (AvgIpc) is 2.67. The zero-order chi connectivity index (χ0) is 20.3. The molecule has 0 fully saturated rings. The summed E-state index contributed by atoms with van der Waals surface area (Å²) >= 11 is 6.00. The van der Waals surface area contributed by atoms with Gasteiger partial charge in [0.05, 0.1) is 35.7 Å². The summed E-state index contributed by atoms with van der Waals surface area (Å²) in [5.41, 5.74) is 1.01. The van der Waals surface area contributed by atoms with Crippen molar-refractivity contribution < 1.29 is 14.6 Å². The Morgan fingerprint density at radius 1 is 1.25 bits per heavy atom. The Kier molecular flexibility index (Phi) is 6.44. The predicted octanol–water partition coefficient (Wildman–Crippen LogP) is 1.34. The molecule has 2 aromatic carbocycles. The van der Waals surface area contributed by atoms with Crippen LogP contribution in [-0.2, 0) is 0 Å². The smallest absolute Gasteiger partial charge is 0.266 e. The molecule has 0 aliphatic rings. The van der Waals surface area contributed by atoms with E-state index >= 15 is 0 Å². The molecule has 3 rings (SSSR count). The average molecular weight is 405 g/mol. The molecule has 3 N–H and O–H groups in total. The minimum Gasteiger partial charge on any atom is -0.335 e. The minimum atomic E-state index is -0.513. The molecule has 0 bridgehead atoms. The van der Waals surface area contributed by atoms with Crippen molar-refractivity contribution in [1.82, 2.24) is 9.55 Å². The van der Waals surface area contributed by atoms with E-state index in [1.165, 1.54) is 17.0 Å². The topological polar surface area (TPSA) is 55.9 Å². The van der Waals surface area contributed by atoms with Crippen molar-refractivity contribution in [2.75, 3.05) is 27.2 Å². The highest BCUT2D eigenvalue weighted by atomic mass is 35.5. The van der Waals surface area contributed by atoms with Gasteiger partial charge in [-0.05, 0) is 30.3 Å². The molecule has 148 valence electrons. The molecule has 0 amide bonds. The summed E-state index contributed by atoms with van der Waals surface area (Å²) in [6.45, 7) is 3.98. The van der Waals surface area contributed by atoms with Gasteiger partial charge >= 0.3 is 0 Å². The number of halogens is 2. The third-order valence-electron chi connectivity index (χ3n) is 4.83. The molecule has 1 atom stereocenters. The van der Waals surface area contributed by atoms with Crippen LogP contribution in [-0.4, -0.2) is 36.7 Å². The van der Waals surface area contributed by atoms with Crippen molar-refractivity contribution in [3.05, 3.63) is 69.5 Å². The van der Waals surface area contributed by atoms with E-state index in [0.717, 1.165) is 19.5 Å². The van der Waals surface area contributed by atoms with Gasteiger partial charge in [0.2, 0.25) is 0 Å². The standard InChI is InChI=1S/C21H24ClFN4O/c1-4-18(24-11-12-26(2)3)20-25-19-8-6-5-7-15(19)21(28)27(20)14-9-10-17(23)16(22)13-14/h5-10,13,18,24H,4,11-12H2,1-3H3/p+2/t18-/m1/s1. The Balaban J connectivity index is 2.18. The molecule has 0 saturated heterocycles. The summed E-state index contributed by atoms with van der Waals surface area (Å²) in [6.07, 6.45) is 0.808. The molecule has 0 saturated carbocycles. The molecule has 0 unspecified atom stereocenters. The number of nitrogens with one attached hydrogen (secondary N) is 1. The lowest BCUT2D eigenvalue weighted by atomic mass is 10.1. The van der Waals surface area contributed by atoms with Crippen molar-refractivity contribution in [1.29, 1.82) is 0 Å². The summed E-state index contributed by atoms with van der Waals surface area (Å²) in [6, 6.07) is 11.6. The van der Waals surface area contributed by atoms with Gasteiger partial charge < -0.3 is 10.2 Å². The molecule has 7 heteroatoms. The van der Waals surface area contributed by atoms with Crippen LogP contribution in [0.5, 0.6) is 0 Å². The van der Waals surface area contributed by atoms with E-state index in [0.29, 0.717) is 22.4 Å². The van der Waals surface area contributed by atoms with Crippen molar-refractivity contribution in [2.45, 2.75) is 19.4 Å². The highest BCUT2D eigenvalue weighted by molar-refractivity contribution is 6.30. The second-order valence-electron chi connectivity index (χ2n) is 7.22. The summed E-state index contributed by atoms with van der Waals surface area (Å²) in [4.78, 5) is 19.5. The number of benzene rings is 2. The van der Waals surface area contributed by atoms with E-state index in [2.05, 4.69) is 26.3 Å². The maximum absolute atomic E-state index is 13.7. The van der Waals surface area contributed by atoms with Gasteiger partial charge in [-0.3, -0.25) is 9.36 Å². The van der Waals surface area contributed by atoms with Crippen LogP contribution in [0.1, 0.15) is 25.2 Å². The van der Waals surface area contributed by atoms with Gasteiger partial charge in [-0.25, -0.2) is 9.37 Å². The number of aromatic nitrogens is 2. The largest absolute Gasteiger partial charge is 0.335 e. The van der Waals surface area contributed by atoms with Crippen LogP contribution in [0.3, 0.4) is 0 Å². The number of hydrogen-bond donors (Lipinski definition) is 2. The second kappa shape index (κ2) is 8.82. The third-order valence-corrected chi connectivity index (χ3v) is 5.12. The number of hydrogen-bond acceptors (Lipinski definition) is 2. The molecule has 3 aromatic rings. The summed E-state index contributed by atoms with van der Waals surface area (Å²) in [5, 5.41) is 2.72.